The fourth-order valence-corrected chi connectivity index (χ4v) is 1.88. The number of amides is 1. The minimum Gasteiger partial charge on any atom is -0.408 e. The number of nitrogens with one attached hydrogen (secondary N) is 1. The number of benzene rings is 1. The second-order valence-electron chi connectivity index (χ2n) is 4.74. The Labute approximate surface area is 119 Å². The van der Waals surface area contributed by atoms with Crippen molar-refractivity contribution in [3.8, 4) is 0 Å². The normalized spacial score (nSPS) is 12.3. The lowest BCUT2D eigenvalue weighted by atomic mass is 10.2. The zero-order valence-electron chi connectivity index (χ0n) is 11.7. The molecule has 0 saturated heterocycles. The zero-order chi connectivity index (χ0) is 15.6. The molecule has 1 amide bonds. The van der Waals surface area contributed by atoms with Gasteiger partial charge in [0.25, 0.3) is 5.69 Å². The van der Waals surface area contributed by atoms with Gasteiger partial charge in [-0.05, 0) is 19.4 Å². The fraction of sp³-hybridized carbons (Fsp3) is 0.385. The number of fused-ring (bicyclic) bond motifs is 1. The van der Waals surface area contributed by atoms with Crippen molar-refractivity contribution >= 4 is 22.7 Å². The van der Waals surface area contributed by atoms with E-state index in [1.165, 1.54) is 18.2 Å². The molecule has 0 aliphatic heterocycles. The molecule has 1 aromatic heterocycles. The summed E-state index contributed by atoms with van der Waals surface area (Å²) in [7, 11) is 0. The molecule has 1 N–H and O–H groups in total. The number of aromatic nitrogens is 1. The summed E-state index contributed by atoms with van der Waals surface area (Å²) >= 11 is 0. The third-order valence-corrected chi connectivity index (χ3v) is 3.18. The molecule has 0 saturated carbocycles. The van der Waals surface area contributed by atoms with Gasteiger partial charge >= 0.3 is 5.76 Å². The Bertz CT molecular complexity index is 746. The van der Waals surface area contributed by atoms with E-state index in [-0.39, 0.29) is 35.3 Å². The molecule has 0 fully saturated rings. The second kappa shape index (κ2) is 5.78. The van der Waals surface area contributed by atoms with E-state index in [4.69, 9.17) is 4.42 Å². The third-order valence-electron chi connectivity index (χ3n) is 3.18. The van der Waals surface area contributed by atoms with Gasteiger partial charge < -0.3 is 9.73 Å². The second-order valence-corrected chi connectivity index (χ2v) is 4.74. The summed E-state index contributed by atoms with van der Waals surface area (Å²) in [6.45, 7) is 3.53. The van der Waals surface area contributed by atoms with Gasteiger partial charge in [0.1, 0.15) is 6.54 Å². The summed E-state index contributed by atoms with van der Waals surface area (Å²) < 4.78 is 6.05. The minimum absolute atomic E-state index is 0.0132. The van der Waals surface area contributed by atoms with Crippen molar-refractivity contribution in [2.75, 3.05) is 0 Å². The molecule has 1 heterocycles. The summed E-state index contributed by atoms with van der Waals surface area (Å²) in [4.78, 5) is 33.8. The number of nitrogens with zero attached hydrogens (tertiary/aromatic N) is 2. The molecule has 21 heavy (non-hydrogen) atoms. The number of nitro groups is 1. The SMILES string of the molecule is CC[C@@H](C)NC(=O)Cn1c(=O)oc2ccc([N+](=O)[O-])cc21. The van der Waals surface area contributed by atoms with Crippen LogP contribution in [-0.2, 0) is 11.3 Å². The highest BCUT2D eigenvalue weighted by Gasteiger charge is 2.16. The molecule has 0 unspecified atom stereocenters. The molecule has 1 aromatic carbocycles. The Balaban J connectivity index is 2.36. The molecule has 0 spiro atoms. The average Bonchev–Trinajstić information content (AvgIpc) is 2.74. The van der Waals surface area contributed by atoms with E-state index in [0.29, 0.717) is 0 Å². The first kappa shape index (κ1) is 14.8. The molecule has 0 bridgehead atoms. The lowest BCUT2D eigenvalue weighted by molar-refractivity contribution is -0.384. The monoisotopic (exact) mass is 293 g/mol. The summed E-state index contributed by atoms with van der Waals surface area (Å²) in [6.07, 6.45) is 0.762. The highest BCUT2D eigenvalue weighted by molar-refractivity contribution is 5.80. The average molecular weight is 293 g/mol. The van der Waals surface area contributed by atoms with Gasteiger partial charge in [0.05, 0.1) is 10.4 Å². The molecular formula is C13H15N3O5. The summed E-state index contributed by atoms with van der Waals surface area (Å²) in [5, 5.41) is 13.5. The van der Waals surface area contributed by atoms with Crippen molar-refractivity contribution in [3.63, 3.8) is 0 Å². The first-order chi connectivity index (χ1) is 9.92. The zero-order valence-corrected chi connectivity index (χ0v) is 11.7. The number of non-ortho nitro benzene ring substituents is 1. The lowest BCUT2D eigenvalue weighted by Crippen LogP contribution is -2.36. The summed E-state index contributed by atoms with van der Waals surface area (Å²) in [6, 6.07) is 3.80. The fourth-order valence-electron chi connectivity index (χ4n) is 1.88. The molecule has 2 aromatic rings. The predicted octanol–water partition coefficient (Wildman–Crippen LogP) is 1.42. The van der Waals surface area contributed by atoms with Crippen molar-refractivity contribution in [2.24, 2.45) is 0 Å². The van der Waals surface area contributed by atoms with Crippen molar-refractivity contribution in [1.82, 2.24) is 9.88 Å². The van der Waals surface area contributed by atoms with Crippen LogP contribution < -0.4 is 11.1 Å². The van der Waals surface area contributed by atoms with Gasteiger partial charge in [0, 0.05) is 18.2 Å². The van der Waals surface area contributed by atoms with Crippen molar-refractivity contribution in [1.29, 1.82) is 0 Å². The maximum atomic E-state index is 11.8. The molecule has 0 radical (unpaired) electrons. The molecular weight excluding hydrogens is 278 g/mol. The maximum absolute atomic E-state index is 11.8. The first-order valence-corrected chi connectivity index (χ1v) is 6.49. The largest absolute Gasteiger partial charge is 0.420 e. The highest BCUT2D eigenvalue weighted by Crippen LogP contribution is 2.19. The molecule has 0 aliphatic rings. The topological polar surface area (TPSA) is 107 Å². The minimum atomic E-state index is -0.718. The lowest BCUT2D eigenvalue weighted by Gasteiger charge is -2.11. The van der Waals surface area contributed by atoms with Gasteiger partial charge in [-0.25, -0.2) is 4.79 Å². The van der Waals surface area contributed by atoms with Crippen LogP contribution in [0.3, 0.4) is 0 Å². The Morgan fingerprint density at radius 1 is 1.52 bits per heavy atom. The maximum Gasteiger partial charge on any atom is 0.420 e. The Morgan fingerprint density at radius 3 is 2.86 bits per heavy atom. The van der Waals surface area contributed by atoms with Gasteiger partial charge in [-0.3, -0.25) is 19.5 Å². The number of carbonyl (C=O) groups excluding carboxylic acids is 1. The van der Waals surface area contributed by atoms with E-state index in [1.807, 2.05) is 13.8 Å². The number of rotatable bonds is 5. The number of nitro benzene ring substituents is 1. The van der Waals surface area contributed by atoms with Crippen molar-refractivity contribution in [3.05, 3.63) is 38.9 Å². The van der Waals surface area contributed by atoms with Crippen molar-refractivity contribution in [2.45, 2.75) is 32.9 Å². The van der Waals surface area contributed by atoms with Gasteiger partial charge in [0.15, 0.2) is 5.58 Å². The summed E-state index contributed by atoms with van der Waals surface area (Å²) in [5.41, 5.74) is 0.273. The van der Waals surface area contributed by atoms with Gasteiger partial charge in [0.2, 0.25) is 5.91 Å². The predicted molar refractivity (Wildman–Crippen MR) is 75.0 cm³/mol. The van der Waals surface area contributed by atoms with E-state index in [9.17, 15) is 19.7 Å². The Hall–Kier alpha value is -2.64. The van der Waals surface area contributed by atoms with Gasteiger partial charge in [-0.2, -0.15) is 0 Å². The van der Waals surface area contributed by atoms with Crippen LogP contribution in [-0.4, -0.2) is 21.4 Å². The number of oxazole rings is 1. The van der Waals surface area contributed by atoms with E-state index < -0.39 is 10.7 Å². The Kier molecular flexibility index (Phi) is 4.06. The van der Waals surface area contributed by atoms with Crippen LogP contribution >= 0.6 is 0 Å². The Morgan fingerprint density at radius 2 is 2.24 bits per heavy atom. The van der Waals surface area contributed by atoms with Crippen LogP contribution in [0.5, 0.6) is 0 Å². The molecule has 112 valence electrons. The molecule has 0 aliphatic carbocycles. The van der Waals surface area contributed by atoms with E-state index in [0.717, 1.165) is 11.0 Å². The third kappa shape index (κ3) is 3.10. The van der Waals surface area contributed by atoms with E-state index in [1.54, 1.807) is 0 Å². The van der Waals surface area contributed by atoms with Crippen LogP contribution in [0.25, 0.3) is 11.1 Å². The first-order valence-electron chi connectivity index (χ1n) is 6.49. The number of carbonyl (C=O) groups is 1. The number of hydrogen-bond donors (Lipinski definition) is 1. The highest BCUT2D eigenvalue weighted by atomic mass is 16.6. The van der Waals surface area contributed by atoms with Crippen molar-refractivity contribution < 1.29 is 14.1 Å². The standard InChI is InChI=1S/C13H15N3O5/c1-3-8(2)14-12(17)7-15-10-6-9(16(19)20)4-5-11(10)21-13(15)18/h4-6,8H,3,7H2,1-2H3,(H,14,17)/t8-/m1/s1. The molecule has 8 heteroatoms. The van der Waals surface area contributed by atoms with E-state index >= 15 is 0 Å². The molecule has 1 atom stereocenters. The summed E-state index contributed by atoms with van der Waals surface area (Å²) in [5.74, 6) is -1.06. The van der Waals surface area contributed by atoms with Crippen LogP contribution in [0.1, 0.15) is 20.3 Å². The smallest absolute Gasteiger partial charge is 0.408 e. The van der Waals surface area contributed by atoms with E-state index in [2.05, 4.69) is 5.32 Å². The van der Waals surface area contributed by atoms with Gasteiger partial charge in [-0.1, -0.05) is 6.92 Å². The van der Waals surface area contributed by atoms with Crippen LogP contribution in [0.2, 0.25) is 0 Å². The van der Waals surface area contributed by atoms with Crippen LogP contribution in [0, 0.1) is 10.1 Å². The van der Waals surface area contributed by atoms with Crippen LogP contribution in [0.4, 0.5) is 5.69 Å². The number of hydrogen-bond acceptors (Lipinski definition) is 5. The van der Waals surface area contributed by atoms with Gasteiger partial charge in [-0.15, -0.1) is 0 Å². The molecule has 2 rings (SSSR count). The quantitative estimate of drug-likeness (QED) is 0.662. The van der Waals surface area contributed by atoms with Crippen LogP contribution in [0.15, 0.2) is 27.4 Å². The molecule has 8 nitrogen and oxygen atoms in total.